The Balaban J connectivity index is 1.88. The average molecular weight is 229 g/mol. The molecule has 0 bridgehead atoms. The van der Waals surface area contributed by atoms with E-state index in [2.05, 4.69) is 11.1 Å². The van der Waals surface area contributed by atoms with Crippen molar-refractivity contribution in [1.82, 2.24) is 9.88 Å². The van der Waals surface area contributed by atoms with Gasteiger partial charge in [0.05, 0.1) is 6.07 Å². The van der Waals surface area contributed by atoms with Crippen molar-refractivity contribution in [2.45, 2.75) is 19.3 Å². The van der Waals surface area contributed by atoms with Gasteiger partial charge in [-0.05, 0) is 37.0 Å². The molecule has 4 nitrogen and oxygen atoms in total. The number of aromatic nitrogens is 1. The van der Waals surface area contributed by atoms with Gasteiger partial charge in [0.2, 0.25) is 5.91 Å². The zero-order valence-corrected chi connectivity index (χ0v) is 9.89. The van der Waals surface area contributed by atoms with Crippen molar-refractivity contribution in [2.75, 3.05) is 13.6 Å². The number of pyridine rings is 1. The Morgan fingerprint density at radius 3 is 2.71 bits per heavy atom. The molecule has 0 N–H and O–H groups in total. The van der Waals surface area contributed by atoms with Crippen LogP contribution < -0.4 is 0 Å². The molecule has 0 atom stereocenters. The number of carbonyl (C=O) groups is 1. The van der Waals surface area contributed by atoms with Crippen molar-refractivity contribution >= 4 is 5.91 Å². The van der Waals surface area contributed by atoms with Gasteiger partial charge in [-0.25, -0.2) is 0 Å². The Morgan fingerprint density at radius 2 is 2.18 bits per heavy atom. The first-order chi connectivity index (χ1) is 8.18. The Labute approximate surface area is 101 Å². The van der Waals surface area contributed by atoms with Crippen LogP contribution in [0.1, 0.15) is 18.4 Å². The van der Waals surface area contributed by atoms with Crippen LogP contribution in [0.25, 0.3) is 0 Å². The van der Waals surface area contributed by atoms with E-state index in [9.17, 15) is 4.79 Å². The Hall–Kier alpha value is -1.89. The maximum absolute atomic E-state index is 12.0. The van der Waals surface area contributed by atoms with Crippen molar-refractivity contribution < 1.29 is 4.79 Å². The maximum atomic E-state index is 12.0. The van der Waals surface area contributed by atoms with E-state index in [1.54, 1.807) is 24.3 Å². The molecule has 2 rings (SSSR count). The molecule has 1 heterocycles. The first-order valence-electron chi connectivity index (χ1n) is 5.74. The van der Waals surface area contributed by atoms with Crippen LogP contribution >= 0.6 is 0 Å². The fraction of sp³-hybridized carbons (Fsp3) is 0.462. The minimum atomic E-state index is -0.701. The normalized spacial score (nSPS) is 16.0. The van der Waals surface area contributed by atoms with E-state index in [1.165, 1.54) is 0 Å². The third-order valence-electron chi connectivity index (χ3n) is 3.21. The predicted octanol–water partition coefficient (Wildman–Crippen LogP) is 1.39. The van der Waals surface area contributed by atoms with Crippen LogP contribution in [0, 0.1) is 16.7 Å². The van der Waals surface area contributed by atoms with Gasteiger partial charge in [0.15, 0.2) is 0 Å². The van der Waals surface area contributed by atoms with Crippen molar-refractivity contribution in [1.29, 1.82) is 5.26 Å². The molecule has 1 fully saturated rings. The zero-order valence-electron chi connectivity index (χ0n) is 9.89. The van der Waals surface area contributed by atoms with Crippen LogP contribution in [0.15, 0.2) is 24.5 Å². The van der Waals surface area contributed by atoms with Gasteiger partial charge in [-0.1, -0.05) is 0 Å². The SMILES string of the molecule is CN(CCc1ccncc1)C(=O)C1(C#N)CC1. The third kappa shape index (κ3) is 2.44. The molecule has 0 saturated heterocycles. The summed E-state index contributed by atoms with van der Waals surface area (Å²) in [5, 5.41) is 8.96. The number of carbonyl (C=O) groups excluding carboxylic acids is 1. The van der Waals surface area contributed by atoms with Gasteiger partial charge < -0.3 is 4.90 Å². The minimum absolute atomic E-state index is 0.0333. The number of likely N-dealkylation sites (N-methyl/N-ethyl adjacent to an activating group) is 1. The molecule has 1 amide bonds. The van der Waals surface area contributed by atoms with E-state index in [-0.39, 0.29) is 5.91 Å². The Morgan fingerprint density at radius 1 is 1.53 bits per heavy atom. The molecule has 17 heavy (non-hydrogen) atoms. The van der Waals surface area contributed by atoms with Gasteiger partial charge in [0, 0.05) is 26.0 Å². The van der Waals surface area contributed by atoms with Crippen molar-refractivity contribution in [2.24, 2.45) is 5.41 Å². The number of nitrogens with zero attached hydrogens (tertiary/aromatic N) is 3. The fourth-order valence-corrected chi connectivity index (χ4v) is 1.81. The molecule has 0 radical (unpaired) electrons. The largest absolute Gasteiger partial charge is 0.344 e. The smallest absolute Gasteiger partial charge is 0.242 e. The summed E-state index contributed by atoms with van der Waals surface area (Å²) in [5.74, 6) is -0.0333. The zero-order chi connectivity index (χ0) is 12.3. The van der Waals surface area contributed by atoms with Gasteiger partial charge in [-0.2, -0.15) is 5.26 Å². The third-order valence-corrected chi connectivity index (χ3v) is 3.21. The van der Waals surface area contributed by atoms with E-state index in [0.717, 1.165) is 12.0 Å². The van der Waals surface area contributed by atoms with Crippen molar-refractivity contribution in [3.63, 3.8) is 0 Å². The highest BCUT2D eigenvalue weighted by Crippen LogP contribution is 2.46. The summed E-state index contributed by atoms with van der Waals surface area (Å²) in [6, 6.07) is 6.01. The number of amides is 1. The molecule has 1 saturated carbocycles. The van der Waals surface area contributed by atoms with Crippen LogP contribution in [0.3, 0.4) is 0 Å². The minimum Gasteiger partial charge on any atom is -0.344 e. The molecule has 4 heteroatoms. The number of nitriles is 1. The molecule has 0 unspecified atom stereocenters. The van der Waals surface area contributed by atoms with Gasteiger partial charge in [0.25, 0.3) is 0 Å². The second-order valence-electron chi connectivity index (χ2n) is 4.53. The molecule has 1 aromatic rings. The highest BCUT2D eigenvalue weighted by atomic mass is 16.2. The van der Waals surface area contributed by atoms with E-state index in [4.69, 9.17) is 5.26 Å². The molecule has 0 aromatic carbocycles. The van der Waals surface area contributed by atoms with E-state index in [0.29, 0.717) is 19.4 Å². The number of hydrogen-bond donors (Lipinski definition) is 0. The first-order valence-corrected chi connectivity index (χ1v) is 5.74. The van der Waals surface area contributed by atoms with Crippen molar-refractivity contribution in [3.8, 4) is 6.07 Å². The molecule has 1 aromatic heterocycles. The molecule has 88 valence electrons. The Kier molecular flexibility index (Phi) is 3.10. The predicted molar refractivity (Wildman–Crippen MR) is 62.9 cm³/mol. The van der Waals surface area contributed by atoms with E-state index >= 15 is 0 Å². The molecule has 1 aliphatic carbocycles. The highest BCUT2D eigenvalue weighted by molar-refractivity contribution is 5.88. The summed E-state index contributed by atoms with van der Waals surface area (Å²) in [7, 11) is 1.76. The molecule has 0 spiro atoms. The summed E-state index contributed by atoms with van der Waals surface area (Å²) in [4.78, 5) is 17.6. The molecule has 1 aliphatic rings. The average Bonchev–Trinajstić information content (AvgIpc) is 3.17. The quantitative estimate of drug-likeness (QED) is 0.783. The fourth-order valence-electron chi connectivity index (χ4n) is 1.81. The van der Waals surface area contributed by atoms with Gasteiger partial charge >= 0.3 is 0 Å². The van der Waals surface area contributed by atoms with Crippen molar-refractivity contribution in [3.05, 3.63) is 30.1 Å². The molecular weight excluding hydrogens is 214 g/mol. The van der Waals surface area contributed by atoms with Crippen LogP contribution in [-0.2, 0) is 11.2 Å². The number of rotatable bonds is 4. The van der Waals surface area contributed by atoms with Gasteiger partial charge in [-0.15, -0.1) is 0 Å². The topological polar surface area (TPSA) is 57.0 Å². The monoisotopic (exact) mass is 229 g/mol. The first kappa shape index (κ1) is 11.6. The maximum Gasteiger partial charge on any atom is 0.242 e. The highest BCUT2D eigenvalue weighted by Gasteiger charge is 2.51. The lowest BCUT2D eigenvalue weighted by Crippen LogP contribution is -2.34. The summed E-state index contributed by atoms with van der Waals surface area (Å²) in [6.45, 7) is 0.645. The standard InChI is InChI=1S/C13H15N3O/c1-16(12(17)13(10-14)5-6-13)9-4-11-2-7-15-8-3-11/h2-3,7-8H,4-6,9H2,1H3. The number of hydrogen-bond acceptors (Lipinski definition) is 3. The second-order valence-corrected chi connectivity index (χ2v) is 4.53. The second kappa shape index (κ2) is 4.54. The van der Waals surface area contributed by atoms with Gasteiger partial charge in [0.1, 0.15) is 5.41 Å². The van der Waals surface area contributed by atoms with Crippen LogP contribution in [-0.4, -0.2) is 29.4 Å². The summed E-state index contributed by atoms with van der Waals surface area (Å²) in [5.41, 5.74) is 0.453. The van der Waals surface area contributed by atoms with Crippen LogP contribution in [0.4, 0.5) is 0 Å². The van der Waals surface area contributed by atoms with E-state index < -0.39 is 5.41 Å². The Bertz CT molecular complexity index is 445. The summed E-state index contributed by atoms with van der Waals surface area (Å²) < 4.78 is 0. The van der Waals surface area contributed by atoms with Crippen LogP contribution in [0.5, 0.6) is 0 Å². The lowest BCUT2D eigenvalue weighted by molar-refractivity contribution is -0.133. The summed E-state index contributed by atoms with van der Waals surface area (Å²) >= 11 is 0. The summed E-state index contributed by atoms with van der Waals surface area (Å²) in [6.07, 6.45) is 5.71. The van der Waals surface area contributed by atoms with Crippen LogP contribution in [0.2, 0.25) is 0 Å². The molecular formula is C13H15N3O. The van der Waals surface area contributed by atoms with E-state index in [1.807, 2.05) is 12.1 Å². The lowest BCUT2D eigenvalue weighted by atomic mass is 10.1. The van der Waals surface area contributed by atoms with Gasteiger partial charge in [-0.3, -0.25) is 9.78 Å². The molecule has 0 aliphatic heterocycles. The lowest BCUT2D eigenvalue weighted by Gasteiger charge is -2.19.